The van der Waals surface area contributed by atoms with Crippen molar-refractivity contribution in [2.45, 2.75) is 29.4 Å². The molecule has 0 saturated heterocycles. The van der Waals surface area contributed by atoms with E-state index in [-0.39, 0.29) is 12.8 Å². The van der Waals surface area contributed by atoms with Gasteiger partial charge in [-0.25, -0.2) is 0 Å². The quantitative estimate of drug-likeness (QED) is 0.697. The minimum Gasteiger partial charge on any atom is -0.482 e. The Morgan fingerprint density at radius 1 is 1.12 bits per heavy atom. The molecule has 0 unspecified atom stereocenters. The van der Waals surface area contributed by atoms with Crippen molar-refractivity contribution in [3.63, 3.8) is 0 Å². The molecule has 8 radical (unpaired) electrons. The van der Waals surface area contributed by atoms with Gasteiger partial charge in [0.2, 0.25) is 0 Å². The van der Waals surface area contributed by atoms with Gasteiger partial charge in [-0.3, -0.25) is 4.79 Å². The maximum Gasteiger partial charge on any atom is 0.393 e. The summed E-state index contributed by atoms with van der Waals surface area (Å²) in [4.78, 5) is 10.7. The number of hydrogen-bond donors (Lipinski definition) is 1. The van der Waals surface area contributed by atoms with Crippen LogP contribution in [0.5, 0.6) is 0 Å². The van der Waals surface area contributed by atoms with Crippen LogP contribution < -0.4 is 0 Å². The molecular weight excluding hydrogens is 216 g/mol. The first-order chi connectivity index (χ1) is 6.90. The molecule has 1 aliphatic carbocycles. The molecular formula is C7H5B4F3O2. The largest absolute Gasteiger partial charge is 0.482 e. The lowest BCUT2D eigenvalue weighted by atomic mass is 9.25. The molecule has 9 heteroatoms. The van der Waals surface area contributed by atoms with Gasteiger partial charge in [0, 0.05) is 0 Å². The summed E-state index contributed by atoms with van der Waals surface area (Å²) >= 11 is 0. The van der Waals surface area contributed by atoms with Gasteiger partial charge < -0.3 is 5.11 Å². The molecule has 1 aliphatic rings. The number of hydrogen-bond acceptors (Lipinski definition) is 1. The summed E-state index contributed by atoms with van der Waals surface area (Å²) in [6.45, 7) is 0. The summed E-state index contributed by atoms with van der Waals surface area (Å²) < 4.78 is 38.2. The van der Waals surface area contributed by atoms with Crippen molar-refractivity contribution in [1.82, 2.24) is 0 Å². The lowest BCUT2D eigenvalue weighted by molar-refractivity contribution is -0.194. The van der Waals surface area contributed by atoms with Crippen molar-refractivity contribution < 1.29 is 23.1 Å². The van der Waals surface area contributed by atoms with Crippen LogP contribution in [0, 0.1) is 5.41 Å². The fourth-order valence-corrected chi connectivity index (χ4v) is 1.63. The molecule has 78 valence electrons. The predicted octanol–water partition coefficient (Wildman–Crippen LogP) is 0.320. The zero-order chi connectivity index (χ0) is 13.0. The standard InChI is InChI=1S/C7H5B4F3O2/c8-5(9,3(15)16)6(10,11)4(1-2-4)7(12,13)14/h1-2H2,(H,15,16). The molecule has 2 nitrogen and oxygen atoms in total. The maximum absolute atomic E-state index is 12.7. The summed E-state index contributed by atoms with van der Waals surface area (Å²) in [5.41, 5.74) is -2.53. The SMILES string of the molecule is [B]C([B])(C(=O)O)C([B])([B])C1(C(F)(F)F)CC1. The Morgan fingerprint density at radius 2 is 1.50 bits per heavy atom. The average molecular weight is 221 g/mol. The van der Waals surface area contributed by atoms with Gasteiger partial charge in [-0.1, -0.05) is 5.21 Å². The summed E-state index contributed by atoms with van der Waals surface area (Å²) in [6.07, 6.45) is -5.50. The van der Waals surface area contributed by atoms with Gasteiger partial charge in [0.25, 0.3) is 5.97 Å². The van der Waals surface area contributed by atoms with Crippen LogP contribution in [0.1, 0.15) is 12.8 Å². The molecule has 0 heterocycles. The van der Waals surface area contributed by atoms with Crippen molar-refractivity contribution in [3.8, 4) is 0 Å². The number of rotatable bonds is 3. The molecule has 1 rings (SSSR count). The normalized spacial score (nSPS) is 20.4. The van der Waals surface area contributed by atoms with E-state index in [0.717, 1.165) is 0 Å². The molecule has 1 N–H and O–H groups in total. The van der Waals surface area contributed by atoms with Crippen molar-refractivity contribution >= 4 is 37.4 Å². The highest BCUT2D eigenvalue weighted by Gasteiger charge is 2.72. The van der Waals surface area contributed by atoms with E-state index in [1.54, 1.807) is 0 Å². The number of carboxylic acids is 1. The maximum atomic E-state index is 12.7. The zero-order valence-corrected chi connectivity index (χ0v) is 8.21. The zero-order valence-electron chi connectivity index (χ0n) is 8.21. The monoisotopic (exact) mass is 222 g/mol. The van der Waals surface area contributed by atoms with E-state index >= 15 is 0 Å². The van der Waals surface area contributed by atoms with E-state index in [0.29, 0.717) is 0 Å². The molecule has 0 aromatic heterocycles. The Kier molecular flexibility index (Phi) is 2.77. The first kappa shape index (κ1) is 13.6. The number of alkyl halides is 3. The van der Waals surface area contributed by atoms with Crippen molar-refractivity contribution in [1.29, 1.82) is 0 Å². The second-order valence-electron chi connectivity index (χ2n) is 4.12. The topological polar surface area (TPSA) is 37.3 Å². The van der Waals surface area contributed by atoms with Gasteiger partial charge >= 0.3 is 6.18 Å². The van der Waals surface area contributed by atoms with Gasteiger partial charge in [0.1, 0.15) is 0 Å². The van der Waals surface area contributed by atoms with E-state index in [1.807, 2.05) is 0 Å². The number of carboxylic acid groups (broad SMARTS) is 1. The number of carbonyl (C=O) groups is 1. The fraction of sp³-hybridized carbons (Fsp3) is 0.857. The van der Waals surface area contributed by atoms with Crippen molar-refractivity contribution in [3.05, 3.63) is 0 Å². The van der Waals surface area contributed by atoms with E-state index < -0.39 is 28.0 Å². The van der Waals surface area contributed by atoms with Gasteiger partial charge in [-0.05, 0) is 18.1 Å². The summed E-state index contributed by atoms with van der Waals surface area (Å²) in [6, 6.07) is 0. The molecule has 0 aliphatic heterocycles. The Bertz CT molecular complexity index is 322. The van der Waals surface area contributed by atoms with Crippen LogP contribution in [0.2, 0.25) is 10.4 Å². The van der Waals surface area contributed by atoms with Crippen LogP contribution in [0.15, 0.2) is 0 Å². The minimum atomic E-state index is -4.74. The lowest BCUT2D eigenvalue weighted by Gasteiger charge is -2.47. The van der Waals surface area contributed by atoms with Gasteiger partial charge in [-0.2, -0.15) is 13.2 Å². The highest BCUT2D eigenvalue weighted by molar-refractivity contribution is 6.61. The molecule has 0 aromatic carbocycles. The summed E-state index contributed by atoms with van der Waals surface area (Å²) in [7, 11) is 20.7. The second kappa shape index (κ2) is 3.26. The molecule has 16 heavy (non-hydrogen) atoms. The molecule has 0 aromatic rings. The molecule has 0 spiro atoms. The minimum absolute atomic E-state index is 0.382. The third kappa shape index (κ3) is 1.51. The van der Waals surface area contributed by atoms with E-state index in [2.05, 4.69) is 0 Å². The third-order valence-electron chi connectivity index (χ3n) is 3.12. The van der Waals surface area contributed by atoms with E-state index in [9.17, 15) is 18.0 Å². The molecule has 1 saturated carbocycles. The van der Waals surface area contributed by atoms with Gasteiger partial charge in [0.05, 0.1) is 36.8 Å². The van der Waals surface area contributed by atoms with E-state index in [4.69, 9.17) is 36.5 Å². The first-order valence-corrected chi connectivity index (χ1v) is 4.36. The predicted molar refractivity (Wildman–Crippen MR) is 53.8 cm³/mol. The molecule has 0 bridgehead atoms. The van der Waals surface area contributed by atoms with E-state index in [1.165, 1.54) is 0 Å². The number of halogens is 3. The molecule has 0 atom stereocenters. The van der Waals surface area contributed by atoms with Crippen molar-refractivity contribution in [2.24, 2.45) is 5.41 Å². The van der Waals surface area contributed by atoms with Crippen LogP contribution in [0.4, 0.5) is 13.2 Å². The highest BCUT2D eigenvalue weighted by Crippen LogP contribution is 2.73. The van der Waals surface area contributed by atoms with Crippen LogP contribution in [-0.2, 0) is 4.79 Å². The van der Waals surface area contributed by atoms with Gasteiger partial charge in [-0.15, -0.1) is 0 Å². The summed E-state index contributed by atoms with van der Waals surface area (Å²) in [5.74, 6) is -1.88. The van der Waals surface area contributed by atoms with Crippen molar-refractivity contribution in [2.75, 3.05) is 0 Å². The average Bonchev–Trinajstić information content (AvgIpc) is 2.80. The Balaban J connectivity index is 3.18. The lowest BCUT2D eigenvalue weighted by Crippen LogP contribution is -2.49. The van der Waals surface area contributed by atoms with Crippen LogP contribution in [-0.4, -0.2) is 48.6 Å². The van der Waals surface area contributed by atoms with Gasteiger partial charge in [0.15, 0.2) is 0 Å². The first-order valence-electron chi connectivity index (χ1n) is 4.36. The Labute approximate surface area is 96.0 Å². The fourth-order valence-electron chi connectivity index (χ4n) is 1.63. The Morgan fingerprint density at radius 3 is 1.69 bits per heavy atom. The van der Waals surface area contributed by atoms with Crippen LogP contribution >= 0.6 is 0 Å². The highest BCUT2D eigenvalue weighted by atomic mass is 19.4. The smallest absolute Gasteiger partial charge is 0.393 e. The third-order valence-corrected chi connectivity index (χ3v) is 3.12. The summed E-state index contributed by atoms with van der Waals surface area (Å²) in [5, 5.41) is 3.05. The van der Waals surface area contributed by atoms with Crippen LogP contribution in [0.25, 0.3) is 0 Å². The number of aliphatic carboxylic acids is 1. The molecule has 1 fully saturated rings. The van der Waals surface area contributed by atoms with Crippen LogP contribution in [0.3, 0.4) is 0 Å². The second-order valence-corrected chi connectivity index (χ2v) is 4.12. The molecule has 0 amide bonds. The Hall–Kier alpha value is -0.480.